The molecule has 0 radical (unpaired) electrons. The first-order chi connectivity index (χ1) is 9.24. The van der Waals surface area contributed by atoms with Crippen LogP contribution in [-0.2, 0) is 6.54 Å². The van der Waals surface area contributed by atoms with Crippen molar-refractivity contribution in [3.63, 3.8) is 0 Å². The van der Waals surface area contributed by atoms with Crippen LogP contribution >= 0.6 is 12.2 Å². The Labute approximate surface area is 117 Å². The molecule has 0 spiro atoms. The minimum atomic E-state index is 0.707. The molecule has 2 heterocycles. The number of rotatable bonds is 3. The Hall–Kier alpha value is -1.49. The van der Waals surface area contributed by atoms with Gasteiger partial charge in [0.1, 0.15) is 0 Å². The number of hydrogen-bond acceptors (Lipinski definition) is 3. The average Bonchev–Trinajstić information content (AvgIpc) is 2.99. The van der Waals surface area contributed by atoms with Crippen molar-refractivity contribution in [1.29, 1.82) is 0 Å². The van der Waals surface area contributed by atoms with Crippen molar-refractivity contribution in [3.8, 4) is 11.4 Å². The molecule has 0 saturated heterocycles. The summed E-state index contributed by atoms with van der Waals surface area (Å²) in [6, 6.07) is 3.95. The molecule has 3 rings (SSSR count). The lowest BCUT2D eigenvalue weighted by Crippen LogP contribution is -2.09. The highest BCUT2D eigenvalue weighted by molar-refractivity contribution is 7.71. The number of nitrogens with zero attached hydrogens (tertiary/aromatic N) is 3. The SMILES string of the molecule is CC1CCC(Cn2c(-c3cccnc3)n[nH]c2=S)C1. The highest BCUT2D eigenvalue weighted by Gasteiger charge is 2.23. The Morgan fingerprint density at radius 1 is 1.47 bits per heavy atom. The fraction of sp³-hybridized carbons (Fsp3) is 0.500. The van der Waals surface area contributed by atoms with Crippen LogP contribution in [0.5, 0.6) is 0 Å². The third kappa shape index (κ3) is 2.61. The molecule has 0 amide bonds. The van der Waals surface area contributed by atoms with Crippen LogP contribution in [0.15, 0.2) is 24.5 Å². The number of aromatic amines is 1. The summed E-state index contributed by atoms with van der Waals surface area (Å²) in [5, 5.41) is 7.26. The highest BCUT2D eigenvalue weighted by atomic mass is 32.1. The molecule has 1 N–H and O–H groups in total. The number of H-pyrrole nitrogens is 1. The quantitative estimate of drug-likeness (QED) is 0.872. The standard InChI is InChI=1S/C14H18N4S/c1-10-4-5-11(7-10)9-18-13(16-17-14(18)19)12-3-2-6-15-8-12/h2-3,6,8,10-11H,4-5,7,9H2,1H3,(H,17,19). The van der Waals surface area contributed by atoms with E-state index in [0.29, 0.717) is 4.77 Å². The van der Waals surface area contributed by atoms with Gasteiger partial charge in [-0.15, -0.1) is 0 Å². The van der Waals surface area contributed by atoms with Gasteiger partial charge in [-0.05, 0) is 49.0 Å². The Bertz CT molecular complexity index is 601. The Kier molecular flexibility index (Phi) is 3.46. The largest absolute Gasteiger partial charge is 0.300 e. The Morgan fingerprint density at radius 2 is 2.37 bits per heavy atom. The van der Waals surface area contributed by atoms with Crippen molar-refractivity contribution in [3.05, 3.63) is 29.3 Å². The van der Waals surface area contributed by atoms with Gasteiger partial charge in [0.25, 0.3) is 0 Å². The zero-order chi connectivity index (χ0) is 13.2. The van der Waals surface area contributed by atoms with Crippen molar-refractivity contribution in [2.75, 3.05) is 0 Å². The van der Waals surface area contributed by atoms with E-state index in [9.17, 15) is 0 Å². The van der Waals surface area contributed by atoms with E-state index in [-0.39, 0.29) is 0 Å². The maximum atomic E-state index is 5.36. The van der Waals surface area contributed by atoms with Crippen LogP contribution in [0.4, 0.5) is 0 Å². The van der Waals surface area contributed by atoms with Gasteiger partial charge in [-0.3, -0.25) is 14.6 Å². The zero-order valence-electron chi connectivity index (χ0n) is 11.0. The highest BCUT2D eigenvalue weighted by Crippen LogP contribution is 2.32. The summed E-state index contributed by atoms with van der Waals surface area (Å²) in [6.45, 7) is 3.29. The van der Waals surface area contributed by atoms with Crippen LogP contribution in [0.25, 0.3) is 11.4 Å². The fourth-order valence-electron chi connectivity index (χ4n) is 2.95. The first-order valence-electron chi connectivity index (χ1n) is 6.79. The lowest BCUT2D eigenvalue weighted by atomic mass is 10.1. The number of nitrogens with one attached hydrogen (secondary N) is 1. The van der Waals surface area contributed by atoms with Gasteiger partial charge in [0.05, 0.1) is 0 Å². The van der Waals surface area contributed by atoms with Crippen molar-refractivity contribution < 1.29 is 0 Å². The summed E-state index contributed by atoms with van der Waals surface area (Å²) in [4.78, 5) is 4.15. The molecule has 100 valence electrons. The van der Waals surface area contributed by atoms with Crippen molar-refractivity contribution in [2.45, 2.75) is 32.7 Å². The summed E-state index contributed by atoms with van der Waals surface area (Å²) in [7, 11) is 0. The molecule has 2 unspecified atom stereocenters. The molecule has 5 heteroatoms. The first-order valence-corrected chi connectivity index (χ1v) is 7.20. The molecule has 19 heavy (non-hydrogen) atoms. The van der Waals surface area contributed by atoms with Crippen molar-refractivity contribution >= 4 is 12.2 Å². The van der Waals surface area contributed by atoms with Gasteiger partial charge in [0, 0.05) is 24.5 Å². The van der Waals surface area contributed by atoms with Crippen molar-refractivity contribution in [1.82, 2.24) is 19.7 Å². The summed E-state index contributed by atoms with van der Waals surface area (Å²) in [6.07, 6.45) is 7.52. The minimum absolute atomic E-state index is 0.707. The van der Waals surface area contributed by atoms with Gasteiger partial charge in [0.2, 0.25) is 0 Å². The Morgan fingerprint density at radius 3 is 3.05 bits per heavy atom. The third-order valence-electron chi connectivity index (χ3n) is 3.92. The lowest BCUT2D eigenvalue weighted by molar-refractivity contribution is 0.440. The topological polar surface area (TPSA) is 46.5 Å². The van der Waals surface area contributed by atoms with E-state index in [2.05, 4.69) is 26.7 Å². The summed E-state index contributed by atoms with van der Waals surface area (Å²) in [5.74, 6) is 2.46. The molecule has 0 aliphatic heterocycles. The van der Waals surface area contributed by atoms with E-state index in [1.807, 2.05) is 18.3 Å². The second kappa shape index (κ2) is 5.25. The summed E-state index contributed by atoms with van der Waals surface area (Å²) in [5.41, 5.74) is 1.01. The van der Waals surface area contributed by atoms with Crippen LogP contribution in [0.2, 0.25) is 0 Å². The lowest BCUT2D eigenvalue weighted by Gasteiger charge is -2.12. The molecule has 2 aromatic rings. The average molecular weight is 274 g/mol. The maximum Gasteiger partial charge on any atom is 0.195 e. The zero-order valence-corrected chi connectivity index (χ0v) is 11.9. The van der Waals surface area contributed by atoms with Crippen LogP contribution < -0.4 is 0 Å². The van der Waals surface area contributed by atoms with Gasteiger partial charge in [-0.1, -0.05) is 13.3 Å². The first kappa shape index (κ1) is 12.5. The third-order valence-corrected chi connectivity index (χ3v) is 4.23. The van der Waals surface area contributed by atoms with E-state index in [1.165, 1.54) is 19.3 Å². The molecule has 4 nitrogen and oxygen atoms in total. The monoisotopic (exact) mass is 274 g/mol. The van der Waals surface area contributed by atoms with Crippen molar-refractivity contribution in [2.24, 2.45) is 11.8 Å². The van der Waals surface area contributed by atoms with E-state index >= 15 is 0 Å². The molecule has 1 aliphatic rings. The van der Waals surface area contributed by atoms with Crippen LogP contribution in [0, 0.1) is 16.6 Å². The molecule has 1 aliphatic carbocycles. The van der Waals surface area contributed by atoms with E-state index in [0.717, 1.165) is 29.8 Å². The molecule has 2 atom stereocenters. The molecular weight excluding hydrogens is 256 g/mol. The van der Waals surface area contributed by atoms with E-state index in [4.69, 9.17) is 12.2 Å². The van der Waals surface area contributed by atoms with Gasteiger partial charge < -0.3 is 0 Å². The normalized spacial score (nSPS) is 22.8. The van der Waals surface area contributed by atoms with Gasteiger partial charge >= 0.3 is 0 Å². The summed E-state index contributed by atoms with van der Waals surface area (Å²) >= 11 is 5.36. The molecule has 0 bridgehead atoms. The second-order valence-corrected chi connectivity index (χ2v) is 5.88. The van der Waals surface area contributed by atoms with Crippen LogP contribution in [-0.4, -0.2) is 19.7 Å². The van der Waals surface area contributed by atoms with E-state index < -0.39 is 0 Å². The number of aromatic nitrogens is 4. The smallest absolute Gasteiger partial charge is 0.195 e. The van der Waals surface area contributed by atoms with Gasteiger partial charge in [0.15, 0.2) is 10.6 Å². The molecule has 0 aromatic carbocycles. The predicted molar refractivity (Wildman–Crippen MR) is 77.1 cm³/mol. The number of hydrogen-bond donors (Lipinski definition) is 1. The minimum Gasteiger partial charge on any atom is -0.300 e. The maximum absolute atomic E-state index is 5.36. The predicted octanol–water partition coefficient (Wildman–Crippen LogP) is 3.44. The second-order valence-electron chi connectivity index (χ2n) is 5.49. The fourth-order valence-corrected chi connectivity index (χ4v) is 3.16. The Balaban J connectivity index is 1.89. The van der Waals surface area contributed by atoms with E-state index in [1.54, 1.807) is 6.20 Å². The van der Waals surface area contributed by atoms with Crippen LogP contribution in [0.3, 0.4) is 0 Å². The molecular formula is C14H18N4S. The molecule has 2 aromatic heterocycles. The number of pyridine rings is 1. The summed E-state index contributed by atoms with van der Waals surface area (Å²) < 4.78 is 2.83. The van der Waals surface area contributed by atoms with Gasteiger partial charge in [-0.25, -0.2) is 0 Å². The van der Waals surface area contributed by atoms with Gasteiger partial charge in [-0.2, -0.15) is 5.10 Å². The molecule has 1 saturated carbocycles. The van der Waals surface area contributed by atoms with Crippen LogP contribution in [0.1, 0.15) is 26.2 Å². The molecule has 1 fully saturated rings.